The number of aliphatic hydroxyl groups excluding tert-OH is 1. The van der Waals surface area contributed by atoms with E-state index in [2.05, 4.69) is 27.1 Å². The van der Waals surface area contributed by atoms with Crippen LogP contribution in [-0.4, -0.2) is 85.2 Å². The predicted octanol–water partition coefficient (Wildman–Crippen LogP) is 0.685. The number of benzene rings is 1. The number of amides is 1. The molecule has 1 aliphatic rings. The van der Waals surface area contributed by atoms with Crippen molar-refractivity contribution in [3.63, 3.8) is 0 Å². The highest BCUT2D eigenvalue weighted by Crippen LogP contribution is 2.12. The lowest BCUT2D eigenvalue weighted by atomic mass is 10.2. The fourth-order valence-electron chi connectivity index (χ4n) is 3.07. The van der Waals surface area contributed by atoms with E-state index >= 15 is 0 Å². The molecule has 6 heteroatoms. The Hall–Kier alpha value is -1.47. The number of carbonyl (C=O) groups is 1. The minimum absolute atomic E-state index is 0.0666. The number of piperazine rings is 1. The van der Waals surface area contributed by atoms with E-state index in [1.54, 1.807) is 0 Å². The van der Waals surface area contributed by atoms with Gasteiger partial charge in [0, 0.05) is 58.4 Å². The van der Waals surface area contributed by atoms with Gasteiger partial charge in [-0.05, 0) is 31.8 Å². The molecule has 1 aromatic rings. The predicted molar refractivity (Wildman–Crippen MR) is 97.0 cm³/mol. The van der Waals surface area contributed by atoms with E-state index in [0.29, 0.717) is 6.54 Å². The third kappa shape index (κ3) is 6.57. The molecular formula is C18H30N4O2. The topological polar surface area (TPSA) is 59.1 Å². The number of β-amino-alcohol motifs (C(OH)–C–C–N with tert-alkyl or cyclic N) is 1. The summed E-state index contributed by atoms with van der Waals surface area (Å²) in [5.74, 6) is -0.0666. The maximum Gasteiger partial charge on any atom is 0.221 e. The highest BCUT2D eigenvalue weighted by atomic mass is 16.3. The maximum absolute atomic E-state index is 11.1. The summed E-state index contributed by atoms with van der Waals surface area (Å²) in [6.45, 7) is 7.80. The van der Waals surface area contributed by atoms with Gasteiger partial charge in [-0.25, -0.2) is 0 Å². The van der Waals surface area contributed by atoms with Gasteiger partial charge in [0.05, 0.1) is 6.10 Å². The number of anilines is 1. The molecule has 0 saturated carbocycles. The Morgan fingerprint density at radius 1 is 1.33 bits per heavy atom. The lowest BCUT2D eigenvalue weighted by Gasteiger charge is -2.34. The molecule has 1 saturated heterocycles. The average molecular weight is 334 g/mol. The summed E-state index contributed by atoms with van der Waals surface area (Å²) in [6.07, 6.45) is -0.350. The number of hydrogen-bond acceptors (Lipinski definition) is 5. The van der Waals surface area contributed by atoms with E-state index in [1.165, 1.54) is 6.92 Å². The molecule has 0 radical (unpaired) electrons. The van der Waals surface area contributed by atoms with Crippen molar-refractivity contribution in [1.29, 1.82) is 0 Å². The number of nitrogens with zero attached hydrogens (tertiary/aromatic N) is 3. The molecule has 0 spiro atoms. The summed E-state index contributed by atoms with van der Waals surface area (Å²) in [6, 6.07) is 7.83. The Morgan fingerprint density at radius 3 is 2.71 bits per heavy atom. The van der Waals surface area contributed by atoms with Crippen molar-refractivity contribution in [2.24, 2.45) is 0 Å². The zero-order chi connectivity index (χ0) is 17.5. The van der Waals surface area contributed by atoms with Crippen LogP contribution in [-0.2, 0) is 11.3 Å². The first-order valence-corrected chi connectivity index (χ1v) is 8.56. The van der Waals surface area contributed by atoms with Crippen LogP contribution in [0.15, 0.2) is 24.3 Å². The molecule has 1 aromatic carbocycles. The number of aliphatic hydroxyl groups is 1. The molecular weight excluding hydrogens is 304 g/mol. The first-order chi connectivity index (χ1) is 11.4. The molecule has 24 heavy (non-hydrogen) atoms. The fourth-order valence-corrected chi connectivity index (χ4v) is 3.07. The van der Waals surface area contributed by atoms with Crippen LogP contribution in [0.25, 0.3) is 0 Å². The Balaban J connectivity index is 1.77. The zero-order valence-corrected chi connectivity index (χ0v) is 15.0. The van der Waals surface area contributed by atoms with E-state index in [4.69, 9.17) is 0 Å². The second-order valence-corrected chi connectivity index (χ2v) is 6.84. The number of rotatable bonds is 7. The fraction of sp³-hybridized carbons (Fsp3) is 0.611. The van der Waals surface area contributed by atoms with Crippen LogP contribution in [0.1, 0.15) is 12.5 Å². The molecule has 0 aliphatic carbocycles. The third-order valence-electron chi connectivity index (χ3n) is 4.29. The summed E-state index contributed by atoms with van der Waals surface area (Å²) < 4.78 is 0. The lowest BCUT2D eigenvalue weighted by molar-refractivity contribution is -0.114. The molecule has 1 aliphatic heterocycles. The highest BCUT2D eigenvalue weighted by Gasteiger charge is 2.18. The van der Waals surface area contributed by atoms with E-state index in [0.717, 1.165) is 50.5 Å². The number of hydrogen-bond donors (Lipinski definition) is 2. The summed E-state index contributed by atoms with van der Waals surface area (Å²) in [7, 11) is 4.15. The Kier molecular flexibility index (Phi) is 7.17. The van der Waals surface area contributed by atoms with Gasteiger partial charge in [-0.1, -0.05) is 12.1 Å². The van der Waals surface area contributed by atoms with Crippen molar-refractivity contribution in [2.75, 3.05) is 58.7 Å². The van der Waals surface area contributed by atoms with Crippen LogP contribution in [0.2, 0.25) is 0 Å². The largest absolute Gasteiger partial charge is 0.390 e. The van der Waals surface area contributed by atoms with Gasteiger partial charge in [0.25, 0.3) is 0 Å². The van der Waals surface area contributed by atoms with Gasteiger partial charge in [-0.3, -0.25) is 14.6 Å². The summed E-state index contributed by atoms with van der Waals surface area (Å²) >= 11 is 0. The standard InChI is InChI=1S/C18H30N4O2/c1-15(23)19-17-6-4-5-16(11-17)12-21(3)13-18(24)14-22-9-7-20(2)8-10-22/h4-6,11,18,24H,7-10,12-14H2,1-3H3,(H,19,23). The molecule has 1 heterocycles. The third-order valence-corrected chi connectivity index (χ3v) is 4.29. The number of likely N-dealkylation sites (N-methyl/N-ethyl adjacent to an activating group) is 2. The lowest BCUT2D eigenvalue weighted by Crippen LogP contribution is -2.48. The van der Waals surface area contributed by atoms with Crippen LogP contribution >= 0.6 is 0 Å². The Bertz CT molecular complexity index is 530. The molecule has 1 fully saturated rings. The molecule has 1 atom stereocenters. The van der Waals surface area contributed by atoms with E-state index in [-0.39, 0.29) is 12.0 Å². The molecule has 1 unspecified atom stereocenters. The van der Waals surface area contributed by atoms with Crippen LogP contribution in [0.5, 0.6) is 0 Å². The van der Waals surface area contributed by atoms with E-state index in [1.807, 2.05) is 31.3 Å². The minimum atomic E-state index is -0.350. The minimum Gasteiger partial charge on any atom is -0.390 e. The van der Waals surface area contributed by atoms with E-state index in [9.17, 15) is 9.90 Å². The van der Waals surface area contributed by atoms with Gasteiger partial charge in [-0.15, -0.1) is 0 Å². The second-order valence-electron chi connectivity index (χ2n) is 6.84. The molecule has 0 bridgehead atoms. The normalized spacial score (nSPS) is 17.9. The zero-order valence-electron chi connectivity index (χ0n) is 15.0. The number of nitrogens with one attached hydrogen (secondary N) is 1. The van der Waals surface area contributed by atoms with Crippen molar-refractivity contribution >= 4 is 11.6 Å². The summed E-state index contributed by atoms with van der Waals surface area (Å²) in [5, 5.41) is 13.1. The Labute approximate surface area is 145 Å². The van der Waals surface area contributed by atoms with Crippen LogP contribution in [0.4, 0.5) is 5.69 Å². The monoisotopic (exact) mass is 334 g/mol. The van der Waals surface area contributed by atoms with Crippen molar-refractivity contribution in [3.05, 3.63) is 29.8 Å². The SMILES string of the molecule is CC(=O)Nc1cccc(CN(C)CC(O)CN2CCN(C)CC2)c1. The van der Waals surface area contributed by atoms with Crippen molar-refractivity contribution < 1.29 is 9.90 Å². The molecule has 6 nitrogen and oxygen atoms in total. The van der Waals surface area contributed by atoms with Crippen LogP contribution in [0.3, 0.4) is 0 Å². The smallest absolute Gasteiger partial charge is 0.221 e. The molecule has 134 valence electrons. The first-order valence-electron chi connectivity index (χ1n) is 8.56. The van der Waals surface area contributed by atoms with Gasteiger partial charge >= 0.3 is 0 Å². The molecule has 0 aromatic heterocycles. The second kappa shape index (κ2) is 9.13. The van der Waals surface area contributed by atoms with Crippen LogP contribution in [0, 0.1) is 0 Å². The summed E-state index contributed by atoms with van der Waals surface area (Å²) in [5.41, 5.74) is 1.93. The van der Waals surface area contributed by atoms with Gasteiger partial charge in [-0.2, -0.15) is 0 Å². The first kappa shape index (κ1) is 18.9. The van der Waals surface area contributed by atoms with Crippen molar-refractivity contribution in [1.82, 2.24) is 14.7 Å². The molecule has 2 rings (SSSR count). The van der Waals surface area contributed by atoms with Gasteiger partial charge in [0.2, 0.25) is 5.91 Å². The van der Waals surface area contributed by atoms with Crippen molar-refractivity contribution in [3.8, 4) is 0 Å². The van der Waals surface area contributed by atoms with Gasteiger partial charge in [0.1, 0.15) is 0 Å². The quantitative estimate of drug-likeness (QED) is 0.768. The molecule has 2 N–H and O–H groups in total. The van der Waals surface area contributed by atoms with Crippen LogP contribution < -0.4 is 5.32 Å². The van der Waals surface area contributed by atoms with Gasteiger partial charge in [0.15, 0.2) is 0 Å². The Morgan fingerprint density at radius 2 is 2.04 bits per heavy atom. The summed E-state index contributed by atoms with van der Waals surface area (Å²) in [4.78, 5) is 17.9. The van der Waals surface area contributed by atoms with E-state index < -0.39 is 0 Å². The molecule has 1 amide bonds. The maximum atomic E-state index is 11.1. The average Bonchev–Trinajstić information content (AvgIpc) is 2.49. The number of carbonyl (C=O) groups excluding carboxylic acids is 1. The van der Waals surface area contributed by atoms with Gasteiger partial charge < -0.3 is 15.3 Å². The highest BCUT2D eigenvalue weighted by molar-refractivity contribution is 5.88. The van der Waals surface area contributed by atoms with Crippen molar-refractivity contribution in [2.45, 2.75) is 19.6 Å².